The van der Waals surface area contributed by atoms with E-state index in [-0.39, 0.29) is 5.56 Å². The van der Waals surface area contributed by atoms with Crippen molar-refractivity contribution in [1.82, 2.24) is 4.98 Å². The summed E-state index contributed by atoms with van der Waals surface area (Å²) >= 11 is 0. The number of methoxy groups -OCH3 is 1. The fraction of sp³-hybridized carbons (Fsp3) is 0.250. The molecule has 0 aliphatic heterocycles. The predicted molar refractivity (Wildman–Crippen MR) is 63.9 cm³/mol. The highest BCUT2D eigenvalue weighted by Crippen LogP contribution is 2.25. The molecule has 84 valence electrons. The van der Waals surface area contributed by atoms with Crippen LogP contribution in [0.4, 0.5) is 0 Å². The van der Waals surface area contributed by atoms with E-state index < -0.39 is 0 Å². The minimum absolute atomic E-state index is 0.112. The standard InChI is InChI=1S/C12H14N2O2/c1-16-11-7-8(4-5-13)6-10-9(11)2-3-12(15)14-10/h2-3,6-7H,4-5,13H2,1H3,(H,14,15). The average molecular weight is 218 g/mol. The van der Waals surface area contributed by atoms with Crippen LogP contribution in [0, 0.1) is 0 Å². The lowest BCUT2D eigenvalue weighted by Gasteiger charge is -2.08. The van der Waals surface area contributed by atoms with Gasteiger partial charge in [0, 0.05) is 11.5 Å². The van der Waals surface area contributed by atoms with Gasteiger partial charge in [0.25, 0.3) is 0 Å². The smallest absolute Gasteiger partial charge is 0.248 e. The molecule has 0 atom stereocenters. The van der Waals surface area contributed by atoms with Gasteiger partial charge in [0.2, 0.25) is 5.56 Å². The van der Waals surface area contributed by atoms with Crippen molar-refractivity contribution in [3.63, 3.8) is 0 Å². The van der Waals surface area contributed by atoms with Crippen LogP contribution in [0.15, 0.2) is 29.1 Å². The van der Waals surface area contributed by atoms with Gasteiger partial charge in [0.1, 0.15) is 5.75 Å². The van der Waals surface area contributed by atoms with Crippen LogP contribution in [0.2, 0.25) is 0 Å². The number of ether oxygens (including phenoxy) is 1. The van der Waals surface area contributed by atoms with Crippen LogP contribution < -0.4 is 16.0 Å². The van der Waals surface area contributed by atoms with Crippen molar-refractivity contribution in [2.45, 2.75) is 6.42 Å². The minimum atomic E-state index is -0.112. The molecule has 0 aliphatic carbocycles. The molecular weight excluding hydrogens is 204 g/mol. The predicted octanol–water partition coefficient (Wildman–Crippen LogP) is 1.04. The van der Waals surface area contributed by atoms with Crippen molar-refractivity contribution >= 4 is 10.9 Å². The SMILES string of the molecule is COc1cc(CCN)cc2[nH]c(=O)ccc12. The first kappa shape index (κ1) is 10.7. The Morgan fingerprint density at radius 3 is 2.88 bits per heavy atom. The molecule has 2 rings (SSSR count). The van der Waals surface area contributed by atoms with E-state index in [1.54, 1.807) is 13.2 Å². The number of H-pyrrole nitrogens is 1. The lowest BCUT2D eigenvalue weighted by atomic mass is 10.1. The number of aromatic amines is 1. The second-order valence-electron chi connectivity index (χ2n) is 3.62. The van der Waals surface area contributed by atoms with Crippen LogP contribution in [0.3, 0.4) is 0 Å². The highest BCUT2D eigenvalue weighted by atomic mass is 16.5. The van der Waals surface area contributed by atoms with E-state index in [0.717, 1.165) is 28.6 Å². The van der Waals surface area contributed by atoms with Gasteiger partial charge in [0.05, 0.1) is 12.6 Å². The number of nitrogens with one attached hydrogen (secondary N) is 1. The van der Waals surface area contributed by atoms with Gasteiger partial charge in [-0.05, 0) is 36.7 Å². The maximum atomic E-state index is 11.2. The maximum absolute atomic E-state index is 11.2. The summed E-state index contributed by atoms with van der Waals surface area (Å²) in [6.07, 6.45) is 0.767. The van der Waals surface area contributed by atoms with E-state index in [2.05, 4.69) is 4.98 Å². The number of hydrogen-bond donors (Lipinski definition) is 2. The number of pyridine rings is 1. The Morgan fingerprint density at radius 1 is 1.38 bits per heavy atom. The number of rotatable bonds is 3. The molecule has 0 unspecified atom stereocenters. The summed E-state index contributed by atoms with van der Waals surface area (Å²) in [7, 11) is 1.62. The summed E-state index contributed by atoms with van der Waals surface area (Å²) < 4.78 is 5.29. The van der Waals surface area contributed by atoms with Crippen LogP contribution in [0.25, 0.3) is 10.9 Å². The zero-order valence-corrected chi connectivity index (χ0v) is 9.12. The molecule has 1 aromatic heterocycles. The average Bonchev–Trinajstić information content (AvgIpc) is 2.27. The topological polar surface area (TPSA) is 68.1 Å². The summed E-state index contributed by atoms with van der Waals surface area (Å²) in [4.78, 5) is 14.0. The molecule has 0 aliphatic rings. The Morgan fingerprint density at radius 2 is 2.19 bits per heavy atom. The Kier molecular flexibility index (Phi) is 2.92. The molecule has 0 bridgehead atoms. The molecular formula is C12H14N2O2. The molecule has 1 heterocycles. The molecule has 0 saturated heterocycles. The summed E-state index contributed by atoms with van der Waals surface area (Å²) in [5, 5.41) is 0.905. The minimum Gasteiger partial charge on any atom is -0.496 e. The van der Waals surface area contributed by atoms with Crippen molar-refractivity contribution in [3.05, 3.63) is 40.2 Å². The van der Waals surface area contributed by atoms with Crippen molar-refractivity contribution in [2.24, 2.45) is 5.73 Å². The Bertz CT molecular complexity index is 560. The number of fused-ring (bicyclic) bond motifs is 1. The third kappa shape index (κ3) is 1.92. The van der Waals surface area contributed by atoms with Gasteiger partial charge >= 0.3 is 0 Å². The Hall–Kier alpha value is -1.81. The highest BCUT2D eigenvalue weighted by molar-refractivity contribution is 5.85. The molecule has 0 fully saturated rings. The van der Waals surface area contributed by atoms with E-state index in [1.807, 2.05) is 12.1 Å². The molecule has 3 N–H and O–H groups in total. The van der Waals surface area contributed by atoms with Gasteiger partial charge in [-0.3, -0.25) is 4.79 Å². The quantitative estimate of drug-likeness (QED) is 0.808. The van der Waals surface area contributed by atoms with Gasteiger partial charge in [-0.2, -0.15) is 0 Å². The van der Waals surface area contributed by atoms with Crippen LogP contribution in [0.5, 0.6) is 5.75 Å². The van der Waals surface area contributed by atoms with Crippen molar-refractivity contribution < 1.29 is 4.74 Å². The van der Waals surface area contributed by atoms with Crippen LogP contribution in [0.1, 0.15) is 5.56 Å². The molecule has 0 spiro atoms. The highest BCUT2D eigenvalue weighted by Gasteiger charge is 2.04. The molecule has 1 aromatic carbocycles. The zero-order valence-electron chi connectivity index (χ0n) is 9.12. The third-order valence-electron chi connectivity index (χ3n) is 2.51. The first-order chi connectivity index (χ1) is 7.74. The maximum Gasteiger partial charge on any atom is 0.248 e. The van der Waals surface area contributed by atoms with Gasteiger partial charge in [-0.25, -0.2) is 0 Å². The summed E-state index contributed by atoms with van der Waals surface area (Å²) in [6.45, 7) is 0.575. The lowest BCUT2D eigenvalue weighted by Crippen LogP contribution is -2.06. The Labute approximate surface area is 93.0 Å². The van der Waals surface area contributed by atoms with Crippen molar-refractivity contribution in [3.8, 4) is 5.75 Å². The number of hydrogen-bond acceptors (Lipinski definition) is 3. The molecule has 4 nitrogen and oxygen atoms in total. The van der Waals surface area contributed by atoms with Crippen LogP contribution in [-0.2, 0) is 6.42 Å². The second-order valence-corrected chi connectivity index (χ2v) is 3.62. The van der Waals surface area contributed by atoms with E-state index >= 15 is 0 Å². The summed E-state index contributed by atoms with van der Waals surface area (Å²) in [6, 6.07) is 7.15. The van der Waals surface area contributed by atoms with E-state index in [0.29, 0.717) is 6.54 Å². The van der Waals surface area contributed by atoms with E-state index in [1.165, 1.54) is 6.07 Å². The monoisotopic (exact) mass is 218 g/mol. The molecule has 0 radical (unpaired) electrons. The molecule has 0 saturated carbocycles. The first-order valence-electron chi connectivity index (χ1n) is 5.14. The van der Waals surface area contributed by atoms with Crippen LogP contribution in [-0.4, -0.2) is 18.6 Å². The first-order valence-corrected chi connectivity index (χ1v) is 5.14. The van der Waals surface area contributed by atoms with Crippen molar-refractivity contribution in [1.29, 1.82) is 0 Å². The fourth-order valence-corrected chi connectivity index (χ4v) is 1.77. The molecule has 2 aromatic rings. The van der Waals surface area contributed by atoms with Gasteiger partial charge in [0.15, 0.2) is 0 Å². The van der Waals surface area contributed by atoms with E-state index in [9.17, 15) is 4.79 Å². The number of aromatic nitrogens is 1. The largest absolute Gasteiger partial charge is 0.496 e. The summed E-state index contributed by atoms with van der Waals surface area (Å²) in [5.74, 6) is 0.761. The normalized spacial score (nSPS) is 10.6. The zero-order chi connectivity index (χ0) is 11.5. The molecule has 0 amide bonds. The lowest BCUT2D eigenvalue weighted by molar-refractivity contribution is 0.419. The van der Waals surface area contributed by atoms with Gasteiger partial charge < -0.3 is 15.5 Å². The molecule has 16 heavy (non-hydrogen) atoms. The number of nitrogens with two attached hydrogens (primary N) is 1. The second kappa shape index (κ2) is 4.37. The van der Waals surface area contributed by atoms with Gasteiger partial charge in [-0.1, -0.05) is 0 Å². The van der Waals surface area contributed by atoms with E-state index in [4.69, 9.17) is 10.5 Å². The van der Waals surface area contributed by atoms with Crippen molar-refractivity contribution in [2.75, 3.05) is 13.7 Å². The Balaban J connectivity index is 2.68. The number of benzene rings is 1. The third-order valence-corrected chi connectivity index (χ3v) is 2.51. The van der Waals surface area contributed by atoms with Crippen LogP contribution >= 0.6 is 0 Å². The van der Waals surface area contributed by atoms with Gasteiger partial charge in [-0.15, -0.1) is 0 Å². The fourth-order valence-electron chi connectivity index (χ4n) is 1.77. The summed E-state index contributed by atoms with van der Waals surface area (Å²) in [5.41, 5.74) is 7.25. The molecule has 4 heteroatoms.